The Labute approximate surface area is 109 Å². The van der Waals surface area contributed by atoms with Gasteiger partial charge in [-0.25, -0.2) is 4.85 Å². The molecule has 94 valence electrons. The first-order valence-corrected chi connectivity index (χ1v) is 5.29. The number of anilines is 1. The maximum Gasteiger partial charge on any atom is 0.292 e. The van der Waals surface area contributed by atoms with Gasteiger partial charge >= 0.3 is 0 Å². The van der Waals surface area contributed by atoms with E-state index in [9.17, 15) is 10.1 Å². The van der Waals surface area contributed by atoms with E-state index in [0.29, 0.717) is 17.2 Å². The van der Waals surface area contributed by atoms with Crippen molar-refractivity contribution in [3.63, 3.8) is 0 Å². The highest BCUT2D eigenvalue weighted by Crippen LogP contribution is 2.30. The second-order valence-corrected chi connectivity index (χ2v) is 3.69. The minimum absolute atomic E-state index is 0.0313. The summed E-state index contributed by atoms with van der Waals surface area (Å²) in [4.78, 5) is 13.4. The summed E-state index contributed by atoms with van der Waals surface area (Å²) in [5.74, 6) is 0.854. The van der Waals surface area contributed by atoms with Crippen molar-refractivity contribution in [2.75, 3.05) is 5.73 Å². The van der Waals surface area contributed by atoms with Gasteiger partial charge in [0.05, 0.1) is 11.5 Å². The third-order valence-electron chi connectivity index (χ3n) is 2.38. The lowest BCUT2D eigenvalue weighted by Gasteiger charge is -2.06. The summed E-state index contributed by atoms with van der Waals surface area (Å²) in [6.45, 7) is 6.90. The van der Waals surface area contributed by atoms with Crippen molar-refractivity contribution in [1.29, 1.82) is 0 Å². The molecule has 19 heavy (non-hydrogen) atoms. The van der Waals surface area contributed by atoms with Crippen molar-refractivity contribution < 1.29 is 9.66 Å². The molecule has 0 atom stereocenters. The Balaban J connectivity index is 2.26. The smallest absolute Gasteiger partial charge is 0.292 e. The molecule has 0 amide bonds. The van der Waals surface area contributed by atoms with Crippen LogP contribution in [0.4, 0.5) is 17.1 Å². The molecule has 0 aromatic heterocycles. The monoisotopic (exact) mass is 255 g/mol. The maximum atomic E-state index is 10.6. The summed E-state index contributed by atoms with van der Waals surface area (Å²) in [6, 6.07) is 10.7. The number of benzene rings is 2. The molecule has 2 aromatic rings. The van der Waals surface area contributed by atoms with Crippen molar-refractivity contribution in [2.24, 2.45) is 0 Å². The standard InChI is InChI=1S/C13H9N3O3/c1-15-9-3-2-4-10(7-9)19-11-5-6-13(16(17)18)12(14)8-11/h2-8H,14H2. The summed E-state index contributed by atoms with van der Waals surface area (Å²) >= 11 is 0. The number of nitrogen functional groups attached to an aromatic ring is 1. The summed E-state index contributed by atoms with van der Waals surface area (Å²) in [6.07, 6.45) is 0. The predicted octanol–water partition coefficient (Wildman–Crippen LogP) is 3.52. The zero-order chi connectivity index (χ0) is 13.8. The SMILES string of the molecule is [C-]#[N+]c1cccc(Oc2ccc([N+](=O)[O-])c(N)c2)c1. The fraction of sp³-hybridized carbons (Fsp3) is 0. The molecule has 0 saturated heterocycles. The number of nitro benzene ring substituents is 1. The van der Waals surface area contributed by atoms with Gasteiger partial charge < -0.3 is 10.5 Å². The number of nitrogens with two attached hydrogens (primary N) is 1. The lowest BCUT2D eigenvalue weighted by atomic mass is 10.2. The van der Waals surface area contributed by atoms with Crippen LogP contribution in [0.2, 0.25) is 0 Å². The molecule has 6 nitrogen and oxygen atoms in total. The van der Waals surface area contributed by atoms with Crippen LogP contribution < -0.4 is 10.5 Å². The molecule has 0 fully saturated rings. The maximum absolute atomic E-state index is 10.6. The van der Waals surface area contributed by atoms with Gasteiger partial charge in [0.25, 0.3) is 5.69 Å². The van der Waals surface area contributed by atoms with E-state index >= 15 is 0 Å². The average Bonchev–Trinajstić information content (AvgIpc) is 2.38. The summed E-state index contributed by atoms with van der Waals surface area (Å²) in [7, 11) is 0. The minimum Gasteiger partial charge on any atom is -0.459 e. The van der Waals surface area contributed by atoms with Gasteiger partial charge in [-0.15, -0.1) is 0 Å². The molecule has 0 saturated carbocycles. The van der Waals surface area contributed by atoms with Crippen LogP contribution in [-0.4, -0.2) is 4.92 Å². The molecular formula is C13H9N3O3. The van der Waals surface area contributed by atoms with E-state index in [0.717, 1.165) is 0 Å². The quantitative estimate of drug-likeness (QED) is 0.393. The zero-order valence-electron chi connectivity index (χ0n) is 9.74. The Morgan fingerprint density at radius 3 is 2.58 bits per heavy atom. The van der Waals surface area contributed by atoms with Gasteiger partial charge in [-0.05, 0) is 18.2 Å². The molecule has 0 radical (unpaired) electrons. The normalized spacial score (nSPS) is 9.63. The van der Waals surface area contributed by atoms with Crippen molar-refractivity contribution >= 4 is 17.1 Å². The molecule has 0 spiro atoms. The Hall–Kier alpha value is -3.07. The molecule has 0 aliphatic carbocycles. The lowest BCUT2D eigenvalue weighted by Crippen LogP contribution is -1.95. The summed E-state index contributed by atoms with van der Waals surface area (Å²) in [5, 5.41) is 10.6. The largest absolute Gasteiger partial charge is 0.459 e. The van der Waals surface area contributed by atoms with Crippen LogP contribution in [0, 0.1) is 16.7 Å². The van der Waals surface area contributed by atoms with Gasteiger partial charge in [-0.3, -0.25) is 10.1 Å². The molecule has 2 rings (SSSR count). The first kappa shape index (κ1) is 12.4. The molecule has 2 aromatic carbocycles. The molecule has 0 aliphatic rings. The Bertz CT molecular complexity index is 677. The van der Waals surface area contributed by atoms with Gasteiger partial charge in [0.2, 0.25) is 0 Å². The topological polar surface area (TPSA) is 82.8 Å². The second-order valence-electron chi connectivity index (χ2n) is 3.69. The van der Waals surface area contributed by atoms with Gasteiger partial charge in [0.15, 0.2) is 5.69 Å². The number of hydrogen-bond donors (Lipinski definition) is 1. The first-order chi connectivity index (χ1) is 9.10. The predicted molar refractivity (Wildman–Crippen MR) is 70.3 cm³/mol. The van der Waals surface area contributed by atoms with Crippen LogP contribution in [0.3, 0.4) is 0 Å². The third-order valence-corrected chi connectivity index (χ3v) is 2.38. The van der Waals surface area contributed by atoms with E-state index in [1.54, 1.807) is 24.3 Å². The molecule has 0 bridgehead atoms. The highest BCUT2D eigenvalue weighted by Gasteiger charge is 2.11. The minimum atomic E-state index is -0.557. The number of ether oxygens (including phenoxy) is 1. The summed E-state index contributed by atoms with van der Waals surface area (Å²) in [5.41, 5.74) is 5.88. The molecular weight excluding hydrogens is 246 g/mol. The van der Waals surface area contributed by atoms with Crippen LogP contribution in [0.1, 0.15) is 0 Å². The zero-order valence-corrected chi connectivity index (χ0v) is 9.74. The van der Waals surface area contributed by atoms with Crippen LogP contribution in [-0.2, 0) is 0 Å². The van der Waals surface area contributed by atoms with Gasteiger partial charge in [0, 0.05) is 12.1 Å². The van der Waals surface area contributed by atoms with Crippen LogP contribution in [0.25, 0.3) is 4.85 Å². The Morgan fingerprint density at radius 1 is 1.21 bits per heavy atom. The average molecular weight is 255 g/mol. The van der Waals surface area contributed by atoms with E-state index < -0.39 is 4.92 Å². The van der Waals surface area contributed by atoms with Gasteiger partial charge in [0.1, 0.15) is 17.2 Å². The molecule has 0 aliphatic heterocycles. The number of nitro groups is 1. The Kier molecular flexibility index (Phi) is 3.30. The fourth-order valence-electron chi connectivity index (χ4n) is 1.51. The number of nitrogens with zero attached hydrogens (tertiary/aromatic N) is 2. The highest BCUT2D eigenvalue weighted by molar-refractivity contribution is 5.61. The van der Waals surface area contributed by atoms with Crippen LogP contribution in [0.5, 0.6) is 11.5 Å². The van der Waals surface area contributed by atoms with E-state index in [2.05, 4.69) is 4.85 Å². The van der Waals surface area contributed by atoms with E-state index in [-0.39, 0.29) is 11.4 Å². The lowest BCUT2D eigenvalue weighted by molar-refractivity contribution is -0.383. The second kappa shape index (κ2) is 5.06. The molecule has 6 heteroatoms. The molecule has 2 N–H and O–H groups in total. The van der Waals surface area contributed by atoms with Crippen molar-refractivity contribution in [2.45, 2.75) is 0 Å². The molecule has 0 unspecified atom stereocenters. The third kappa shape index (κ3) is 2.79. The van der Waals surface area contributed by atoms with Gasteiger partial charge in [-0.2, -0.15) is 0 Å². The van der Waals surface area contributed by atoms with Crippen molar-refractivity contribution in [3.8, 4) is 11.5 Å². The number of rotatable bonds is 3. The van der Waals surface area contributed by atoms with Crippen molar-refractivity contribution in [1.82, 2.24) is 0 Å². The highest BCUT2D eigenvalue weighted by atomic mass is 16.6. The van der Waals surface area contributed by atoms with Crippen molar-refractivity contribution in [3.05, 3.63) is 64.0 Å². The first-order valence-electron chi connectivity index (χ1n) is 5.29. The van der Waals surface area contributed by atoms with E-state index in [1.807, 2.05) is 0 Å². The van der Waals surface area contributed by atoms with E-state index in [1.165, 1.54) is 18.2 Å². The summed E-state index contributed by atoms with van der Waals surface area (Å²) < 4.78 is 5.49. The van der Waals surface area contributed by atoms with Crippen LogP contribution >= 0.6 is 0 Å². The van der Waals surface area contributed by atoms with Crippen LogP contribution in [0.15, 0.2) is 42.5 Å². The fourth-order valence-corrected chi connectivity index (χ4v) is 1.51. The van der Waals surface area contributed by atoms with Gasteiger partial charge in [-0.1, -0.05) is 12.1 Å². The Morgan fingerprint density at radius 2 is 1.95 bits per heavy atom. The number of hydrogen-bond acceptors (Lipinski definition) is 4. The molecule has 0 heterocycles. The van der Waals surface area contributed by atoms with E-state index in [4.69, 9.17) is 17.0 Å².